The van der Waals surface area contributed by atoms with Gasteiger partial charge in [-0.1, -0.05) is 30.7 Å². The lowest BCUT2D eigenvalue weighted by Crippen LogP contribution is -2.66. The molecule has 3 aliphatic rings. The molecule has 3 atom stereocenters. The van der Waals surface area contributed by atoms with Crippen LogP contribution in [0.2, 0.25) is 5.02 Å². The molecule has 0 aliphatic carbocycles. The van der Waals surface area contributed by atoms with Crippen LogP contribution < -0.4 is 5.32 Å². The van der Waals surface area contributed by atoms with Gasteiger partial charge in [0.2, 0.25) is 0 Å². The fourth-order valence-electron chi connectivity index (χ4n) is 4.22. The number of carbonyl (C=O) groups excluding carboxylic acids is 2. The van der Waals surface area contributed by atoms with Crippen LogP contribution in [0.25, 0.3) is 0 Å². The van der Waals surface area contributed by atoms with Crippen molar-refractivity contribution in [3.8, 4) is 0 Å². The van der Waals surface area contributed by atoms with Gasteiger partial charge in [-0.3, -0.25) is 20.0 Å². The minimum atomic E-state index is -0.424. The van der Waals surface area contributed by atoms with Crippen molar-refractivity contribution in [3.63, 3.8) is 0 Å². The first kappa shape index (κ1) is 19.2. The Morgan fingerprint density at radius 1 is 1.32 bits per heavy atom. The van der Waals surface area contributed by atoms with Crippen LogP contribution in [-0.4, -0.2) is 76.0 Å². The van der Waals surface area contributed by atoms with E-state index in [9.17, 15) is 9.59 Å². The molecule has 0 radical (unpaired) electrons. The van der Waals surface area contributed by atoms with E-state index in [-0.39, 0.29) is 24.4 Å². The second-order valence-electron chi connectivity index (χ2n) is 7.55. The zero-order chi connectivity index (χ0) is 20.0. The minimum absolute atomic E-state index is 0.137. The van der Waals surface area contributed by atoms with Gasteiger partial charge in [0, 0.05) is 30.9 Å². The maximum Gasteiger partial charge on any atom is 0.327 e. The van der Waals surface area contributed by atoms with Crippen LogP contribution in [0.1, 0.15) is 25.8 Å². The molecule has 1 aromatic rings. The van der Waals surface area contributed by atoms with Crippen molar-refractivity contribution in [2.24, 2.45) is 5.10 Å². The summed E-state index contributed by atoms with van der Waals surface area (Å²) in [7, 11) is 1.75. The van der Waals surface area contributed by atoms with Gasteiger partial charge in [-0.2, -0.15) is 5.10 Å². The average Bonchev–Trinajstić information content (AvgIpc) is 3.03. The highest BCUT2D eigenvalue weighted by Crippen LogP contribution is 2.31. The highest BCUT2D eigenvalue weighted by Gasteiger charge is 2.56. The maximum absolute atomic E-state index is 13.1. The third-order valence-corrected chi connectivity index (χ3v) is 5.67. The molecule has 0 aromatic heterocycles. The number of hydrazone groups is 1. The molecule has 3 unspecified atom stereocenters. The number of fused-ring (bicyclic) bond motifs is 3. The maximum atomic E-state index is 13.1. The Kier molecular flexibility index (Phi) is 5.03. The molecule has 0 spiro atoms. The number of urea groups is 1. The monoisotopic (exact) mass is 404 g/mol. The summed E-state index contributed by atoms with van der Waals surface area (Å²) in [6.45, 7) is 5.49. The minimum Gasteiger partial charge on any atom is -0.310 e. The number of rotatable bonds is 4. The first-order valence-corrected chi connectivity index (χ1v) is 9.93. The van der Waals surface area contributed by atoms with Gasteiger partial charge in [0.05, 0.1) is 6.54 Å². The molecule has 0 saturated carbocycles. The Hall–Kier alpha value is -2.16. The second kappa shape index (κ2) is 7.35. The summed E-state index contributed by atoms with van der Waals surface area (Å²) in [5.41, 5.74) is 1.96. The number of likely N-dealkylation sites (N-methyl/N-ethyl adjacent to an activating group) is 1. The summed E-state index contributed by atoms with van der Waals surface area (Å²) < 4.78 is 0. The van der Waals surface area contributed by atoms with Crippen molar-refractivity contribution in [1.82, 2.24) is 25.0 Å². The van der Waals surface area contributed by atoms with Crippen LogP contribution in [0.5, 0.6) is 0 Å². The summed E-state index contributed by atoms with van der Waals surface area (Å²) in [5.74, 6) is -0.137. The van der Waals surface area contributed by atoms with Gasteiger partial charge in [0.1, 0.15) is 12.2 Å². The fourth-order valence-corrected chi connectivity index (χ4v) is 4.44. The van der Waals surface area contributed by atoms with E-state index in [1.807, 2.05) is 43.1 Å². The Labute approximate surface area is 169 Å². The second-order valence-corrected chi connectivity index (χ2v) is 7.98. The highest BCUT2D eigenvalue weighted by atomic mass is 35.5. The predicted octanol–water partition coefficient (Wildman–Crippen LogP) is 1.72. The lowest BCUT2D eigenvalue weighted by atomic mass is 10.1. The molecule has 2 saturated heterocycles. The highest BCUT2D eigenvalue weighted by molar-refractivity contribution is 6.30. The van der Waals surface area contributed by atoms with Gasteiger partial charge in [-0.15, -0.1) is 0 Å². The van der Waals surface area contributed by atoms with Crippen LogP contribution in [0, 0.1) is 0 Å². The summed E-state index contributed by atoms with van der Waals surface area (Å²) >= 11 is 6.13. The first-order valence-electron chi connectivity index (χ1n) is 9.56. The number of benzene rings is 1. The Bertz CT molecular complexity index is 830. The van der Waals surface area contributed by atoms with Crippen molar-refractivity contribution in [2.45, 2.75) is 45.3 Å². The average molecular weight is 405 g/mol. The number of hydrogen-bond acceptors (Lipinski definition) is 6. The summed E-state index contributed by atoms with van der Waals surface area (Å²) in [4.78, 5) is 30.9. The van der Waals surface area contributed by atoms with Crippen LogP contribution in [0.15, 0.2) is 29.4 Å². The Balaban J connectivity index is 1.63. The molecule has 0 bridgehead atoms. The first-order chi connectivity index (χ1) is 13.4. The molecule has 28 heavy (non-hydrogen) atoms. The third kappa shape index (κ3) is 3.15. The largest absolute Gasteiger partial charge is 0.327 e. The standard InChI is InChI=1S/C19H25ClN6O2/c1-4-8-24-17(27)15-16(23(3)19(24)28)21-18-25(15)10-12(2)22-26(18)11-13-6-5-7-14(20)9-13/h5-7,9,15-16,18,21H,4,8,10-11H2,1-3H3. The van der Waals surface area contributed by atoms with E-state index >= 15 is 0 Å². The van der Waals surface area contributed by atoms with Gasteiger partial charge in [0.25, 0.3) is 5.91 Å². The fraction of sp³-hybridized carbons (Fsp3) is 0.526. The summed E-state index contributed by atoms with van der Waals surface area (Å²) in [5, 5.41) is 10.8. The molecular weight excluding hydrogens is 380 g/mol. The van der Waals surface area contributed by atoms with Crippen molar-refractivity contribution in [3.05, 3.63) is 34.9 Å². The predicted molar refractivity (Wildman–Crippen MR) is 106 cm³/mol. The van der Waals surface area contributed by atoms with Crippen molar-refractivity contribution in [2.75, 3.05) is 20.1 Å². The molecule has 3 amide bonds. The number of nitrogens with zero attached hydrogens (tertiary/aromatic N) is 5. The number of hydrogen-bond donors (Lipinski definition) is 1. The Morgan fingerprint density at radius 3 is 2.82 bits per heavy atom. The SMILES string of the molecule is CCCN1C(=O)C2C(NC3N(Cc4cccc(Cl)c4)N=C(C)CN23)N(C)C1=O. The molecule has 1 N–H and O–H groups in total. The normalized spacial score (nSPS) is 27.8. The Morgan fingerprint density at radius 2 is 2.11 bits per heavy atom. The molecule has 150 valence electrons. The third-order valence-electron chi connectivity index (χ3n) is 5.43. The zero-order valence-corrected chi connectivity index (χ0v) is 17.1. The van der Waals surface area contributed by atoms with Crippen molar-refractivity contribution in [1.29, 1.82) is 0 Å². The van der Waals surface area contributed by atoms with Gasteiger partial charge in [-0.25, -0.2) is 9.69 Å². The van der Waals surface area contributed by atoms with E-state index in [4.69, 9.17) is 16.7 Å². The van der Waals surface area contributed by atoms with Crippen LogP contribution in [0.3, 0.4) is 0 Å². The number of halogens is 1. The van der Waals surface area contributed by atoms with Crippen LogP contribution >= 0.6 is 11.6 Å². The van der Waals surface area contributed by atoms with E-state index in [0.29, 0.717) is 24.7 Å². The lowest BCUT2D eigenvalue weighted by molar-refractivity contribution is -0.139. The summed E-state index contributed by atoms with van der Waals surface area (Å²) in [6.07, 6.45) is 0.0977. The van der Waals surface area contributed by atoms with Gasteiger partial charge in [-0.05, 0) is 31.0 Å². The number of carbonyl (C=O) groups is 2. The van der Waals surface area contributed by atoms with Crippen molar-refractivity contribution < 1.29 is 9.59 Å². The molecule has 2 fully saturated rings. The number of imide groups is 1. The number of nitrogens with one attached hydrogen (secondary N) is 1. The van der Waals surface area contributed by atoms with Crippen LogP contribution in [-0.2, 0) is 11.3 Å². The molecule has 8 nitrogen and oxygen atoms in total. The van der Waals surface area contributed by atoms with E-state index in [2.05, 4.69) is 10.2 Å². The van der Waals surface area contributed by atoms with Gasteiger partial charge >= 0.3 is 6.03 Å². The van der Waals surface area contributed by atoms with Crippen LogP contribution in [0.4, 0.5) is 4.79 Å². The summed E-state index contributed by atoms with van der Waals surface area (Å²) in [6, 6.07) is 6.99. The van der Waals surface area contributed by atoms with E-state index in [1.165, 1.54) is 4.90 Å². The molecule has 4 rings (SSSR count). The molecule has 3 aliphatic heterocycles. The molecule has 3 heterocycles. The van der Waals surface area contributed by atoms with Gasteiger partial charge in [0.15, 0.2) is 6.29 Å². The smallest absolute Gasteiger partial charge is 0.310 e. The van der Waals surface area contributed by atoms with Gasteiger partial charge < -0.3 is 4.90 Å². The molecule has 9 heteroatoms. The van der Waals surface area contributed by atoms with E-state index in [1.54, 1.807) is 11.9 Å². The van der Waals surface area contributed by atoms with Crippen molar-refractivity contribution >= 4 is 29.3 Å². The number of amides is 3. The lowest BCUT2D eigenvalue weighted by Gasteiger charge is -2.42. The topological polar surface area (TPSA) is 71.5 Å². The van der Waals surface area contributed by atoms with E-state index < -0.39 is 6.04 Å². The molecule has 1 aromatic carbocycles. The quantitative estimate of drug-likeness (QED) is 0.827. The zero-order valence-electron chi connectivity index (χ0n) is 16.3. The van der Waals surface area contributed by atoms with E-state index in [0.717, 1.165) is 17.7 Å². The molecular formula is C19H25ClN6O2.